The van der Waals surface area contributed by atoms with E-state index in [-0.39, 0.29) is 38.4 Å². The zero-order chi connectivity index (χ0) is 39.4. The molecular weight excluding hydrogens is 722 g/mol. The van der Waals surface area contributed by atoms with E-state index in [2.05, 4.69) is 15.4 Å². The molecule has 5 amide bonds. The van der Waals surface area contributed by atoms with Crippen molar-refractivity contribution >= 4 is 39.9 Å². The molecule has 2 saturated carbocycles. The first-order chi connectivity index (χ1) is 25.2. The summed E-state index contributed by atoms with van der Waals surface area (Å²) in [6, 6.07) is 2.23. The van der Waals surface area contributed by atoms with Crippen molar-refractivity contribution in [2.75, 3.05) is 6.54 Å². The average Bonchev–Trinajstić information content (AvgIpc) is 3.86. The standard InChI is InChI=1S/C38H52FN5O9S/c1-22-10-7-8-12-25-18-38(25,33(47)42-54(50,51)37(6)14-15-37)41-31(45)29-17-26(52-35(49)43-19-24-11-9-13-28(39)27(24)21-43)20-44(29)32(46)30(23(2)16-22)40-34(48)53-36(3,4)5/h8-9,11-13,22-23,25-26,29-30H,7,10,14-21H2,1-6H3,(H,40,48)(H,41,45)(H,42,47)/b12-8-/t22-,23-,25-,26-,29+,30+,38-/m1/s1. The summed E-state index contributed by atoms with van der Waals surface area (Å²) in [5.74, 6) is -3.41. The number of hydrogen-bond donors (Lipinski definition) is 3. The number of allylic oxidation sites excluding steroid dienone is 1. The molecule has 5 aliphatic rings. The Hall–Kier alpha value is -4.21. The van der Waals surface area contributed by atoms with Gasteiger partial charge in [0.05, 0.1) is 17.8 Å². The van der Waals surface area contributed by atoms with Crippen LogP contribution in [0, 0.1) is 23.6 Å². The summed E-state index contributed by atoms with van der Waals surface area (Å²) in [5.41, 5.74) is -1.41. The lowest BCUT2D eigenvalue weighted by Crippen LogP contribution is -2.59. The summed E-state index contributed by atoms with van der Waals surface area (Å²) in [5, 5.41) is 5.55. The molecule has 296 valence electrons. The van der Waals surface area contributed by atoms with Crippen molar-refractivity contribution in [3.8, 4) is 0 Å². The minimum absolute atomic E-state index is 0.00775. The van der Waals surface area contributed by atoms with Gasteiger partial charge in [-0.25, -0.2) is 22.4 Å². The van der Waals surface area contributed by atoms with Gasteiger partial charge in [-0.3, -0.25) is 24.0 Å². The van der Waals surface area contributed by atoms with Crippen molar-refractivity contribution in [3.05, 3.63) is 47.3 Å². The lowest BCUT2D eigenvalue weighted by Gasteiger charge is -2.33. The fourth-order valence-electron chi connectivity index (χ4n) is 7.76. The van der Waals surface area contributed by atoms with Crippen LogP contribution in [0.3, 0.4) is 0 Å². The Kier molecular flexibility index (Phi) is 10.6. The van der Waals surface area contributed by atoms with Crippen molar-refractivity contribution in [3.63, 3.8) is 0 Å². The second-order valence-electron chi connectivity index (χ2n) is 17.1. The SMILES string of the molecule is C[C@@H]1CC/C=C\[C@@H]2C[C@@]2(C(=O)NS(=O)(=O)C2(C)CC2)NC(=O)[C@@H]2C[C@@H](OC(=O)N3Cc4cccc(F)c4C3)CN2C(=O)[C@@H](NC(=O)OC(C)(C)C)[C@H](C)C1. The normalized spacial score (nSPS) is 31.4. The number of alkyl carbamates (subject to hydrolysis) is 1. The molecule has 3 N–H and O–H groups in total. The first-order valence-corrected chi connectivity index (χ1v) is 20.3. The van der Waals surface area contributed by atoms with E-state index in [0.29, 0.717) is 36.8 Å². The Morgan fingerprint density at radius 1 is 1.07 bits per heavy atom. The van der Waals surface area contributed by atoms with Gasteiger partial charge < -0.3 is 25.0 Å². The number of halogens is 1. The predicted octanol–water partition coefficient (Wildman–Crippen LogP) is 4.03. The Morgan fingerprint density at radius 2 is 1.80 bits per heavy atom. The molecule has 3 fully saturated rings. The smallest absolute Gasteiger partial charge is 0.410 e. The largest absolute Gasteiger partial charge is 0.444 e. The summed E-state index contributed by atoms with van der Waals surface area (Å²) in [6.07, 6.45) is 3.94. The van der Waals surface area contributed by atoms with Gasteiger partial charge in [0.15, 0.2) is 0 Å². The molecule has 2 aliphatic carbocycles. The zero-order valence-corrected chi connectivity index (χ0v) is 32.6. The summed E-state index contributed by atoms with van der Waals surface area (Å²) in [7, 11) is -4.03. The summed E-state index contributed by atoms with van der Waals surface area (Å²) in [4.78, 5) is 72.0. The molecule has 1 aromatic rings. The van der Waals surface area contributed by atoms with E-state index in [0.717, 1.165) is 6.42 Å². The highest BCUT2D eigenvalue weighted by Gasteiger charge is 2.63. The maximum atomic E-state index is 14.6. The monoisotopic (exact) mass is 773 g/mol. The second kappa shape index (κ2) is 14.5. The van der Waals surface area contributed by atoms with E-state index < -0.39 is 91.7 Å². The van der Waals surface area contributed by atoms with Gasteiger partial charge in [-0.05, 0) is 89.7 Å². The fraction of sp³-hybridized carbons (Fsp3) is 0.658. The molecule has 0 unspecified atom stereocenters. The van der Waals surface area contributed by atoms with Crippen LogP contribution in [0.15, 0.2) is 30.4 Å². The van der Waals surface area contributed by atoms with Crippen LogP contribution in [0.5, 0.6) is 0 Å². The number of nitrogens with zero attached hydrogens (tertiary/aromatic N) is 2. The van der Waals surface area contributed by atoms with Crippen molar-refractivity contribution < 1.29 is 46.3 Å². The molecule has 16 heteroatoms. The van der Waals surface area contributed by atoms with Gasteiger partial charge in [0.1, 0.15) is 35.1 Å². The number of rotatable bonds is 5. The molecule has 1 aromatic carbocycles. The summed E-state index contributed by atoms with van der Waals surface area (Å²) < 4.78 is 53.2. The van der Waals surface area contributed by atoms with Crippen molar-refractivity contribution in [2.24, 2.45) is 17.8 Å². The number of carbonyl (C=O) groups is 5. The van der Waals surface area contributed by atoms with Gasteiger partial charge >= 0.3 is 12.2 Å². The maximum Gasteiger partial charge on any atom is 0.410 e. The fourth-order valence-corrected chi connectivity index (χ4v) is 9.07. The van der Waals surface area contributed by atoms with Gasteiger partial charge in [-0.15, -0.1) is 0 Å². The van der Waals surface area contributed by atoms with E-state index >= 15 is 0 Å². The minimum Gasteiger partial charge on any atom is -0.444 e. The number of nitrogens with one attached hydrogen (secondary N) is 3. The molecule has 6 rings (SSSR count). The number of amides is 5. The number of benzene rings is 1. The highest BCUT2D eigenvalue weighted by Crippen LogP contribution is 2.47. The Balaban J connectivity index is 1.29. The van der Waals surface area contributed by atoms with Crippen LogP contribution >= 0.6 is 0 Å². The number of fused-ring (bicyclic) bond motifs is 3. The molecule has 14 nitrogen and oxygen atoms in total. The number of sulfonamides is 1. The Labute approximate surface area is 316 Å². The van der Waals surface area contributed by atoms with Crippen molar-refractivity contribution in [1.82, 2.24) is 25.2 Å². The number of carbonyl (C=O) groups excluding carboxylic acids is 5. The molecule has 7 atom stereocenters. The highest BCUT2D eigenvalue weighted by atomic mass is 32.2. The van der Waals surface area contributed by atoms with Gasteiger partial charge in [-0.1, -0.05) is 38.1 Å². The van der Waals surface area contributed by atoms with E-state index in [1.165, 1.54) is 15.9 Å². The van der Waals surface area contributed by atoms with Crippen molar-refractivity contribution in [1.29, 1.82) is 0 Å². The van der Waals surface area contributed by atoms with E-state index in [9.17, 15) is 36.8 Å². The van der Waals surface area contributed by atoms with E-state index in [1.807, 2.05) is 26.0 Å². The minimum atomic E-state index is -4.03. The summed E-state index contributed by atoms with van der Waals surface area (Å²) >= 11 is 0. The molecule has 3 aliphatic heterocycles. The molecule has 54 heavy (non-hydrogen) atoms. The zero-order valence-electron chi connectivity index (χ0n) is 31.8. The molecule has 1 saturated heterocycles. The van der Waals surface area contributed by atoms with Gasteiger partial charge in [-0.2, -0.15) is 0 Å². The van der Waals surface area contributed by atoms with Crippen LogP contribution in [0.1, 0.15) is 97.6 Å². The third-order valence-electron chi connectivity index (χ3n) is 11.4. The van der Waals surface area contributed by atoms with Crippen molar-refractivity contribution in [2.45, 2.75) is 134 Å². The molecule has 3 heterocycles. The third kappa shape index (κ3) is 8.22. The predicted molar refractivity (Wildman–Crippen MR) is 194 cm³/mol. The van der Waals surface area contributed by atoms with Gasteiger partial charge in [0.2, 0.25) is 21.8 Å². The van der Waals surface area contributed by atoms with Crippen LogP contribution in [-0.2, 0) is 47.0 Å². The highest BCUT2D eigenvalue weighted by molar-refractivity contribution is 7.91. The molecular formula is C38H52FN5O9S. The van der Waals surface area contributed by atoms with Crippen LogP contribution < -0.4 is 15.4 Å². The second-order valence-corrected chi connectivity index (χ2v) is 19.3. The quantitative estimate of drug-likeness (QED) is 0.373. The summed E-state index contributed by atoms with van der Waals surface area (Å²) in [6.45, 7) is 10.4. The van der Waals surface area contributed by atoms with E-state index in [4.69, 9.17) is 9.47 Å². The topological polar surface area (TPSA) is 181 Å². The first kappa shape index (κ1) is 39.5. The van der Waals surface area contributed by atoms with Crippen LogP contribution in [0.4, 0.5) is 14.0 Å². The third-order valence-corrected chi connectivity index (χ3v) is 13.5. The number of ether oxygens (including phenoxy) is 2. The van der Waals surface area contributed by atoms with Gasteiger partial charge in [0.25, 0.3) is 5.91 Å². The Bertz CT molecular complexity index is 1840. The van der Waals surface area contributed by atoms with Crippen LogP contribution in [0.2, 0.25) is 0 Å². The lowest BCUT2D eigenvalue weighted by molar-refractivity contribution is -0.142. The maximum absolute atomic E-state index is 14.6. The molecule has 0 bridgehead atoms. The Morgan fingerprint density at radius 3 is 2.46 bits per heavy atom. The first-order valence-electron chi connectivity index (χ1n) is 18.8. The molecule has 0 aromatic heterocycles. The molecule has 0 radical (unpaired) electrons. The van der Waals surface area contributed by atoms with Crippen LogP contribution in [-0.4, -0.2) is 88.7 Å². The van der Waals surface area contributed by atoms with Gasteiger partial charge in [0, 0.05) is 24.4 Å². The van der Waals surface area contributed by atoms with E-state index in [1.54, 1.807) is 39.8 Å². The lowest BCUT2D eigenvalue weighted by atomic mass is 9.88. The van der Waals surface area contributed by atoms with Crippen LogP contribution in [0.25, 0.3) is 0 Å². The average molecular weight is 774 g/mol. The number of hydrogen-bond acceptors (Lipinski definition) is 9. The molecule has 0 spiro atoms.